The van der Waals surface area contributed by atoms with Gasteiger partial charge in [0, 0.05) is 16.3 Å². The molecular weight excluding hydrogens is 346 g/mol. The molecule has 1 saturated carbocycles. The smallest absolute Gasteiger partial charge is 0.419 e. The summed E-state index contributed by atoms with van der Waals surface area (Å²) < 4.78 is 7.85. The van der Waals surface area contributed by atoms with Gasteiger partial charge in [-0.25, -0.2) is 9.36 Å². The first kappa shape index (κ1) is 18.6. The molecule has 3 nitrogen and oxygen atoms in total. The molecule has 0 N–H and O–H groups in total. The summed E-state index contributed by atoms with van der Waals surface area (Å²) >= 11 is 0. The van der Waals surface area contributed by atoms with Crippen LogP contribution in [0.25, 0.3) is 21.8 Å². The third kappa shape index (κ3) is 3.18. The highest BCUT2D eigenvalue weighted by Gasteiger charge is 2.34. The molecule has 3 aromatic rings. The zero-order chi connectivity index (χ0) is 19.8. The van der Waals surface area contributed by atoms with Crippen molar-refractivity contribution in [1.82, 2.24) is 4.57 Å². The number of carbonyl (C=O) groups excluding carboxylic acids is 1. The number of carbonyl (C=O) groups is 1. The average Bonchev–Trinajstić information content (AvgIpc) is 3.01. The van der Waals surface area contributed by atoms with E-state index in [-0.39, 0.29) is 12.2 Å². The summed E-state index contributed by atoms with van der Waals surface area (Å²) in [5.41, 5.74) is 2.52. The summed E-state index contributed by atoms with van der Waals surface area (Å²) in [4.78, 5) is 13.3. The Morgan fingerprint density at radius 3 is 2.64 bits per heavy atom. The van der Waals surface area contributed by atoms with Crippen LogP contribution in [0.5, 0.6) is 0 Å². The van der Waals surface area contributed by atoms with Crippen LogP contribution in [0.3, 0.4) is 0 Å². The number of hydrogen-bond donors (Lipinski definition) is 0. The van der Waals surface area contributed by atoms with Crippen LogP contribution in [0.4, 0.5) is 4.79 Å². The second kappa shape index (κ2) is 7.36. The quantitative estimate of drug-likeness (QED) is 0.499. The lowest BCUT2D eigenvalue weighted by atomic mass is 9.75. The topological polar surface area (TPSA) is 31.2 Å². The molecule has 3 atom stereocenters. The number of aromatic nitrogens is 1. The molecule has 0 saturated heterocycles. The molecule has 0 aliphatic heterocycles. The number of benzene rings is 2. The minimum Gasteiger partial charge on any atom is -0.445 e. The predicted molar refractivity (Wildman–Crippen MR) is 114 cm³/mol. The summed E-state index contributed by atoms with van der Waals surface area (Å²) in [7, 11) is 0. The van der Waals surface area contributed by atoms with E-state index in [4.69, 9.17) is 11.2 Å². The molecule has 4 rings (SSSR count). The molecule has 1 aromatic heterocycles. The van der Waals surface area contributed by atoms with Gasteiger partial charge in [-0.05, 0) is 54.9 Å². The second-order valence-electron chi connectivity index (χ2n) is 8.48. The van der Waals surface area contributed by atoms with Crippen LogP contribution in [0.2, 0.25) is 0 Å². The first-order valence-corrected chi connectivity index (χ1v) is 10.2. The molecule has 1 aliphatic carbocycles. The number of nitrogens with zero attached hydrogens (tertiary/aromatic N) is 1. The Morgan fingerprint density at radius 2 is 1.89 bits per heavy atom. The van der Waals surface area contributed by atoms with Gasteiger partial charge < -0.3 is 4.74 Å². The van der Waals surface area contributed by atoms with Crippen LogP contribution in [0.1, 0.15) is 45.6 Å². The predicted octanol–water partition coefficient (Wildman–Crippen LogP) is 6.22. The van der Waals surface area contributed by atoms with Gasteiger partial charge in [0.2, 0.25) is 0 Å². The molecular formula is C25H27NO2. The number of hydrogen-bond acceptors (Lipinski definition) is 2. The number of fused-ring (bicyclic) bond motifs is 3. The summed E-state index contributed by atoms with van der Waals surface area (Å²) in [6.45, 7) is 6.70. The molecule has 1 fully saturated rings. The van der Waals surface area contributed by atoms with E-state index in [0.29, 0.717) is 17.8 Å². The van der Waals surface area contributed by atoms with Crippen molar-refractivity contribution in [2.24, 2.45) is 17.8 Å². The molecule has 2 aromatic carbocycles. The van der Waals surface area contributed by atoms with Crippen LogP contribution in [-0.2, 0) is 4.74 Å². The molecule has 0 radical (unpaired) electrons. The Bertz CT molecular complexity index is 1070. The maximum atomic E-state index is 13.3. The van der Waals surface area contributed by atoms with Crippen molar-refractivity contribution < 1.29 is 9.53 Å². The van der Waals surface area contributed by atoms with Crippen LogP contribution < -0.4 is 0 Å². The summed E-state index contributed by atoms with van der Waals surface area (Å²) in [6, 6.07) is 13.7. The standard InChI is InChI=1S/C25H27NO2/c1-5-18-11-13-23-21(15-18)20-8-6-7-9-22(20)26(23)25(27)28-24-14-17(4)10-12-19(24)16(2)3/h1,6-9,11,13,15-17,19,24H,10,12,14H2,2-4H3/t17-,19+,24-/m1/s1. The Hall–Kier alpha value is -2.73. The van der Waals surface area contributed by atoms with E-state index < -0.39 is 0 Å². The summed E-state index contributed by atoms with van der Waals surface area (Å²) in [5, 5.41) is 2.00. The van der Waals surface area contributed by atoms with Gasteiger partial charge in [0.25, 0.3) is 0 Å². The molecule has 3 heteroatoms. The molecule has 0 bridgehead atoms. The van der Waals surface area contributed by atoms with Crippen LogP contribution in [0.15, 0.2) is 42.5 Å². The summed E-state index contributed by atoms with van der Waals surface area (Å²) in [5.74, 6) is 4.19. The van der Waals surface area contributed by atoms with Gasteiger partial charge in [0.05, 0.1) is 11.0 Å². The fraction of sp³-hybridized carbons (Fsp3) is 0.400. The number of rotatable bonds is 2. The van der Waals surface area contributed by atoms with E-state index in [2.05, 4.69) is 26.7 Å². The van der Waals surface area contributed by atoms with Gasteiger partial charge in [-0.2, -0.15) is 0 Å². The fourth-order valence-electron chi connectivity index (χ4n) is 4.69. The van der Waals surface area contributed by atoms with Crippen molar-refractivity contribution >= 4 is 27.9 Å². The molecule has 144 valence electrons. The highest BCUT2D eigenvalue weighted by molar-refractivity contribution is 6.12. The monoisotopic (exact) mass is 373 g/mol. The maximum absolute atomic E-state index is 13.3. The van der Waals surface area contributed by atoms with Crippen molar-refractivity contribution in [2.75, 3.05) is 0 Å². The normalized spacial score (nSPS) is 22.5. The SMILES string of the molecule is C#Cc1ccc2c(c1)c1ccccc1n2C(=O)O[C@@H]1C[C@H](C)CC[C@H]1C(C)C. The fourth-order valence-corrected chi connectivity index (χ4v) is 4.69. The number of terminal acetylenes is 1. The Labute approximate surface area is 166 Å². The zero-order valence-electron chi connectivity index (χ0n) is 16.8. The molecule has 28 heavy (non-hydrogen) atoms. The third-order valence-electron chi connectivity index (χ3n) is 6.24. The van der Waals surface area contributed by atoms with Gasteiger partial charge in [-0.15, -0.1) is 6.42 Å². The highest BCUT2D eigenvalue weighted by Crippen LogP contribution is 2.36. The second-order valence-corrected chi connectivity index (χ2v) is 8.48. The molecule has 0 spiro atoms. The lowest BCUT2D eigenvalue weighted by Gasteiger charge is -2.36. The van der Waals surface area contributed by atoms with Gasteiger partial charge >= 0.3 is 6.09 Å². The van der Waals surface area contributed by atoms with Crippen molar-refractivity contribution in [3.63, 3.8) is 0 Å². The molecule has 1 heterocycles. The average molecular weight is 373 g/mol. The molecule has 0 unspecified atom stereocenters. The zero-order valence-corrected chi connectivity index (χ0v) is 16.8. The summed E-state index contributed by atoms with van der Waals surface area (Å²) in [6.07, 6.45) is 8.53. The number of ether oxygens (including phenoxy) is 1. The van der Waals surface area contributed by atoms with E-state index in [1.807, 2.05) is 42.5 Å². The lowest BCUT2D eigenvalue weighted by Crippen LogP contribution is -2.36. The largest absolute Gasteiger partial charge is 0.445 e. The van der Waals surface area contributed by atoms with Crippen molar-refractivity contribution in [2.45, 2.75) is 46.1 Å². The maximum Gasteiger partial charge on any atom is 0.419 e. The minimum atomic E-state index is -0.288. The lowest BCUT2D eigenvalue weighted by molar-refractivity contribution is 0.00759. The molecule has 1 aliphatic rings. The van der Waals surface area contributed by atoms with Crippen molar-refractivity contribution in [3.05, 3.63) is 48.0 Å². The van der Waals surface area contributed by atoms with Gasteiger partial charge in [-0.3, -0.25) is 0 Å². The first-order chi connectivity index (χ1) is 13.5. The van der Waals surface area contributed by atoms with E-state index in [1.165, 1.54) is 6.42 Å². The van der Waals surface area contributed by atoms with Gasteiger partial charge in [-0.1, -0.05) is 51.3 Å². The Kier molecular flexibility index (Phi) is 4.89. The van der Waals surface area contributed by atoms with Crippen molar-refractivity contribution in [1.29, 1.82) is 0 Å². The van der Waals surface area contributed by atoms with Gasteiger partial charge in [0.1, 0.15) is 6.10 Å². The minimum absolute atomic E-state index is 0.0301. The molecule has 0 amide bonds. The third-order valence-corrected chi connectivity index (χ3v) is 6.24. The highest BCUT2D eigenvalue weighted by atomic mass is 16.6. The van der Waals surface area contributed by atoms with Crippen LogP contribution in [0, 0.1) is 30.1 Å². The van der Waals surface area contributed by atoms with Crippen LogP contribution >= 0.6 is 0 Å². The van der Waals surface area contributed by atoms with E-state index in [9.17, 15) is 4.79 Å². The number of para-hydroxylation sites is 1. The van der Waals surface area contributed by atoms with E-state index in [0.717, 1.165) is 40.2 Å². The van der Waals surface area contributed by atoms with Crippen molar-refractivity contribution in [3.8, 4) is 12.3 Å². The Balaban J connectivity index is 1.77. The van der Waals surface area contributed by atoms with E-state index >= 15 is 0 Å². The Morgan fingerprint density at radius 1 is 1.14 bits per heavy atom. The first-order valence-electron chi connectivity index (χ1n) is 10.2. The van der Waals surface area contributed by atoms with E-state index in [1.54, 1.807) is 4.57 Å². The van der Waals surface area contributed by atoms with Crippen LogP contribution in [-0.4, -0.2) is 16.8 Å². The van der Waals surface area contributed by atoms with Gasteiger partial charge in [0.15, 0.2) is 0 Å².